The molecular formula is C17H27IN4O. The largest absolute Gasteiger partial charge is 0.474 e. The summed E-state index contributed by atoms with van der Waals surface area (Å²) in [6.07, 6.45) is 10.9. The van der Waals surface area contributed by atoms with Crippen LogP contribution in [0, 0.1) is 5.92 Å². The first-order chi connectivity index (χ1) is 10.8. The van der Waals surface area contributed by atoms with Gasteiger partial charge in [-0.15, -0.1) is 24.0 Å². The molecule has 0 aliphatic heterocycles. The van der Waals surface area contributed by atoms with E-state index in [1.54, 1.807) is 6.20 Å². The van der Waals surface area contributed by atoms with Crippen molar-refractivity contribution in [3.63, 3.8) is 0 Å². The van der Waals surface area contributed by atoms with Gasteiger partial charge in [0.1, 0.15) is 6.10 Å². The maximum Gasteiger partial charge on any atom is 0.213 e. The van der Waals surface area contributed by atoms with Gasteiger partial charge < -0.3 is 15.8 Å². The molecule has 3 N–H and O–H groups in total. The number of rotatable bonds is 6. The Balaban J connectivity index is 0.00000192. The Kier molecular flexibility index (Phi) is 7.39. The molecule has 1 aromatic rings. The van der Waals surface area contributed by atoms with Crippen LogP contribution in [0.1, 0.15) is 50.5 Å². The first-order valence-corrected chi connectivity index (χ1v) is 8.45. The minimum Gasteiger partial charge on any atom is -0.474 e. The van der Waals surface area contributed by atoms with Crippen LogP contribution in [0.15, 0.2) is 23.3 Å². The smallest absolute Gasteiger partial charge is 0.213 e. The molecule has 2 aliphatic carbocycles. The summed E-state index contributed by atoms with van der Waals surface area (Å²) in [5.74, 6) is 2.02. The molecule has 5 nitrogen and oxygen atoms in total. The maximum atomic E-state index is 5.92. The van der Waals surface area contributed by atoms with Gasteiger partial charge in [-0.1, -0.05) is 6.42 Å². The van der Waals surface area contributed by atoms with Crippen molar-refractivity contribution >= 4 is 29.9 Å². The molecule has 23 heavy (non-hydrogen) atoms. The van der Waals surface area contributed by atoms with Crippen LogP contribution in [-0.4, -0.2) is 23.6 Å². The van der Waals surface area contributed by atoms with Crippen molar-refractivity contribution in [1.82, 2.24) is 10.3 Å². The molecule has 6 heteroatoms. The lowest BCUT2D eigenvalue weighted by Crippen LogP contribution is -2.37. The highest BCUT2D eigenvalue weighted by Gasteiger charge is 2.17. The number of aliphatic imine (C=N–C) groups is 1. The monoisotopic (exact) mass is 430 g/mol. The molecule has 0 aromatic carbocycles. The summed E-state index contributed by atoms with van der Waals surface area (Å²) in [5, 5.41) is 3.21. The van der Waals surface area contributed by atoms with E-state index in [2.05, 4.69) is 15.3 Å². The lowest BCUT2D eigenvalue weighted by molar-refractivity contribution is 0.201. The Morgan fingerprint density at radius 2 is 2.04 bits per heavy atom. The summed E-state index contributed by atoms with van der Waals surface area (Å²) < 4.78 is 5.92. The van der Waals surface area contributed by atoms with Crippen LogP contribution in [-0.2, 0) is 6.54 Å². The molecule has 0 saturated heterocycles. The second-order valence-corrected chi connectivity index (χ2v) is 6.41. The van der Waals surface area contributed by atoms with Gasteiger partial charge in [-0.05, 0) is 56.1 Å². The van der Waals surface area contributed by atoms with Crippen LogP contribution < -0.4 is 15.8 Å². The topological polar surface area (TPSA) is 72.5 Å². The Morgan fingerprint density at radius 1 is 1.26 bits per heavy atom. The van der Waals surface area contributed by atoms with Gasteiger partial charge in [-0.2, -0.15) is 0 Å². The Bertz CT molecular complexity index is 513. The predicted molar refractivity (Wildman–Crippen MR) is 103 cm³/mol. The van der Waals surface area contributed by atoms with Crippen molar-refractivity contribution in [2.45, 2.75) is 57.6 Å². The maximum absolute atomic E-state index is 5.92. The van der Waals surface area contributed by atoms with Crippen molar-refractivity contribution in [2.75, 3.05) is 6.54 Å². The van der Waals surface area contributed by atoms with E-state index < -0.39 is 0 Å². The standard InChI is InChI=1S/C17H26N4O.HI/c18-17(20-11-13-4-3-5-13)21-12-14-8-9-19-16(10-14)22-15-6-1-2-7-15;/h8-10,13,15H,1-7,11-12H2,(H3,18,20,21);1H. The Hall–Kier alpha value is -1.05. The zero-order valence-electron chi connectivity index (χ0n) is 13.5. The second kappa shape index (κ2) is 9.30. The normalized spacial score (nSPS) is 19.0. The van der Waals surface area contributed by atoms with Crippen LogP contribution in [0.5, 0.6) is 5.88 Å². The summed E-state index contributed by atoms with van der Waals surface area (Å²) in [7, 11) is 0. The average molecular weight is 430 g/mol. The van der Waals surface area contributed by atoms with Gasteiger partial charge in [0.25, 0.3) is 0 Å². The van der Waals surface area contributed by atoms with Crippen molar-refractivity contribution < 1.29 is 4.74 Å². The molecule has 0 atom stereocenters. The molecule has 2 fully saturated rings. The molecule has 0 amide bonds. The van der Waals surface area contributed by atoms with Crippen LogP contribution in [0.4, 0.5) is 0 Å². The number of hydrogen-bond donors (Lipinski definition) is 2. The molecule has 0 spiro atoms. The van der Waals surface area contributed by atoms with Gasteiger partial charge in [0.2, 0.25) is 5.88 Å². The zero-order chi connectivity index (χ0) is 15.2. The molecular weight excluding hydrogens is 403 g/mol. The fourth-order valence-corrected chi connectivity index (χ4v) is 2.97. The highest BCUT2D eigenvalue weighted by atomic mass is 127. The van der Waals surface area contributed by atoms with Gasteiger partial charge in [-0.25, -0.2) is 9.98 Å². The molecule has 0 radical (unpaired) electrons. The van der Waals surface area contributed by atoms with Crippen LogP contribution in [0.25, 0.3) is 0 Å². The number of hydrogen-bond acceptors (Lipinski definition) is 3. The van der Waals surface area contributed by atoms with Crippen LogP contribution in [0.3, 0.4) is 0 Å². The zero-order valence-corrected chi connectivity index (χ0v) is 15.9. The molecule has 1 aromatic heterocycles. The number of guanidine groups is 1. The third-order valence-corrected chi connectivity index (χ3v) is 4.62. The number of nitrogens with two attached hydrogens (primary N) is 1. The van der Waals surface area contributed by atoms with E-state index in [9.17, 15) is 0 Å². The first kappa shape index (κ1) is 18.3. The van der Waals surface area contributed by atoms with E-state index >= 15 is 0 Å². The van der Waals surface area contributed by atoms with Gasteiger partial charge in [0.15, 0.2) is 5.96 Å². The van der Waals surface area contributed by atoms with Crippen LogP contribution in [0.2, 0.25) is 0 Å². The lowest BCUT2D eigenvalue weighted by Gasteiger charge is -2.25. The number of ether oxygens (including phenoxy) is 1. The van der Waals surface area contributed by atoms with Gasteiger partial charge >= 0.3 is 0 Å². The van der Waals surface area contributed by atoms with E-state index in [4.69, 9.17) is 10.5 Å². The predicted octanol–water partition coefficient (Wildman–Crippen LogP) is 3.23. The Labute approximate surface area is 155 Å². The molecule has 1 heterocycles. The second-order valence-electron chi connectivity index (χ2n) is 6.41. The van der Waals surface area contributed by atoms with Crippen LogP contribution >= 0.6 is 24.0 Å². The van der Waals surface area contributed by atoms with E-state index in [1.807, 2.05) is 12.1 Å². The van der Waals surface area contributed by atoms with E-state index in [0.717, 1.165) is 30.9 Å². The van der Waals surface area contributed by atoms with E-state index in [0.29, 0.717) is 24.5 Å². The summed E-state index contributed by atoms with van der Waals surface area (Å²) in [5.41, 5.74) is 6.99. The quantitative estimate of drug-likeness (QED) is 0.413. The molecule has 2 aliphatic rings. The fraction of sp³-hybridized carbons (Fsp3) is 0.647. The van der Waals surface area contributed by atoms with E-state index in [1.165, 1.54) is 32.1 Å². The Morgan fingerprint density at radius 3 is 2.74 bits per heavy atom. The summed E-state index contributed by atoms with van der Waals surface area (Å²) >= 11 is 0. The number of nitrogens with zero attached hydrogens (tertiary/aromatic N) is 2. The lowest BCUT2D eigenvalue weighted by atomic mass is 9.85. The summed E-state index contributed by atoms with van der Waals surface area (Å²) in [6.45, 7) is 1.51. The summed E-state index contributed by atoms with van der Waals surface area (Å²) in [4.78, 5) is 8.69. The molecule has 0 unspecified atom stereocenters. The fourth-order valence-electron chi connectivity index (χ4n) is 2.97. The molecule has 2 saturated carbocycles. The SMILES string of the molecule is I.NC(=NCc1ccnc(OC2CCCC2)c1)NCC1CCC1. The van der Waals surface area contributed by atoms with Crippen molar-refractivity contribution in [1.29, 1.82) is 0 Å². The highest BCUT2D eigenvalue weighted by molar-refractivity contribution is 14.0. The van der Waals surface area contributed by atoms with E-state index in [-0.39, 0.29) is 24.0 Å². The van der Waals surface area contributed by atoms with Gasteiger partial charge in [0, 0.05) is 18.8 Å². The third-order valence-electron chi connectivity index (χ3n) is 4.62. The van der Waals surface area contributed by atoms with Gasteiger partial charge in [0.05, 0.1) is 6.54 Å². The molecule has 0 bridgehead atoms. The van der Waals surface area contributed by atoms with Gasteiger partial charge in [-0.3, -0.25) is 0 Å². The van der Waals surface area contributed by atoms with Crippen molar-refractivity contribution in [2.24, 2.45) is 16.6 Å². The number of halogens is 1. The summed E-state index contributed by atoms with van der Waals surface area (Å²) in [6, 6.07) is 3.94. The van der Waals surface area contributed by atoms with Crippen molar-refractivity contribution in [3.05, 3.63) is 23.9 Å². The van der Waals surface area contributed by atoms with Crippen molar-refractivity contribution in [3.8, 4) is 5.88 Å². The minimum absolute atomic E-state index is 0. The highest BCUT2D eigenvalue weighted by Crippen LogP contribution is 2.25. The number of pyridine rings is 1. The number of aromatic nitrogens is 1. The number of nitrogens with one attached hydrogen (secondary N) is 1. The third kappa shape index (κ3) is 5.82. The minimum atomic E-state index is 0. The first-order valence-electron chi connectivity index (χ1n) is 8.45. The molecule has 3 rings (SSSR count). The molecule has 128 valence electrons. The average Bonchev–Trinajstić information content (AvgIpc) is 2.97.